The van der Waals surface area contributed by atoms with Gasteiger partial charge in [0.05, 0.1) is 19.3 Å². The molecule has 1 heterocycles. The van der Waals surface area contributed by atoms with Crippen LogP contribution in [0, 0.1) is 5.92 Å². The van der Waals surface area contributed by atoms with Crippen molar-refractivity contribution in [1.82, 2.24) is 10.2 Å². The van der Waals surface area contributed by atoms with Gasteiger partial charge in [-0.05, 0) is 19.3 Å². The van der Waals surface area contributed by atoms with E-state index in [1.165, 1.54) is 32.1 Å². The number of nitrogens with zero attached hydrogens (tertiary/aromatic N) is 1. The number of rotatable bonds is 8. The molecule has 0 aromatic carbocycles. The summed E-state index contributed by atoms with van der Waals surface area (Å²) in [6.45, 7) is 7.51. The fourth-order valence-corrected chi connectivity index (χ4v) is 3.19. The fraction of sp³-hybridized carbons (Fsp3) is 0.889. The predicted molar refractivity (Wildman–Crippen MR) is 95.6 cm³/mol. The maximum absolute atomic E-state index is 12.1. The fourth-order valence-electron chi connectivity index (χ4n) is 3.19. The Labute approximate surface area is 151 Å². The predicted octanol–water partition coefficient (Wildman–Crippen LogP) is 1.51. The molecule has 0 spiro atoms. The van der Waals surface area contributed by atoms with Crippen LogP contribution in [-0.4, -0.2) is 74.5 Å². The van der Waals surface area contributed by atoms with Gasteiger partial charge in [-0.2, -0.15) is 0 Å². The highest BCUT2D eigenvalue weighted by molar-refractivity contribution is 5.78. The molecule has 2 rings (SSSR count). The van der Waals surface area contributed by atoms with Crippen LogP contribution in [0.2, 0.25) is 0 Å². The van der Waals surface area contributed by atoms with E-state index in [2.05, 4.69) is 10.2 Å². The molecule has 2 fully saturated rings. The Bertz CT molecular complexity index is 355. The molecule has 1 atom stereocenters. The number of morpholine rings is 1. The molecule has 1 aliphatic heterocycles. The van der Waals surface area contributed by atoms with Gasteiger partial charge in [0.1, 0.15) is 0 Å². The molecule has 0 aromatic rings. The summed E-state index contributed by atoms with van der Waals surface area (Å²) in [5.41, 5.74) is 0. The maximum atomic E-state index is 12.1. The second-order valence-corrected chi connectivity index (χ2v) is 6.69. The maximum Gasteiger partial charge on any atom is 0.290 e. The topological polar surface area (TPSA) is 88.1 Å². The largest absolute Gasteiger partial charge is 0.483 e. The average Bonchev–Trinajstić information content (AvgIpc) is 2.63. The van der Waals surface area contributed by atoms with Crippen LogP contribution in [0.25, 0.3) is 0 Å². The van der Waals surface area contributed by atoms with Crippen molar-refractivity contribution >= 4 is 12.4 Å². The van der Waals surface area contributed by atoms with Crippen LogP contribution in [0.15, 0.2) is 0 Å². The van der Waals surface area contributed by atoms with Gasteiger partial charge >= 0.3 is 0 Å². The van der Waals surface area contributed by atoms with Crippen LogP contribution in [0.4, 0.5) is 0 Å². The number of ether oxygens (including phenoxy) is 2. The Balaban J connectivity index is 0.000000970. The van der Waals surface area contributed by atoms with Gasteiger partial charge in [0.15, 0.2) is 0 Å². The molecule has 1 unspecified atom stereocenters. The van der Waals surface area contributed by atoms with Gasteiger partial charge in [-0.1, -0.05) is 26.2 Å². The van der Waals surface area contributed by atoms with Crippen molar-refractivity contribution in [1.29, 1.82) is 0 Å². The summed E-state index contributed by atoms with van der Waals surface area (Å²) in [6.07, 6.45) is 7.76. The standard InChI is InChI=1S/C17H32N2O3.CH2O2/c1-15(14-19-9-12-21-13-10-19)17(20)18-8-5-11-22-16-6-3-2-4-7-16;2-1-3/h15-16H,2-14H2,1H3,(H,18,20);1H,(H,2,3). The molecule has 1 aliphatic carbocycles. The molecular weight excluding hydrogens is 324 g/mol. The Morgan fingerprint density at radius 1 is 1.32 bits per heavy atom. The zero-order valence-electron chi connectivity index (χ0n) is 15.5. The summed E-state index contributed by atoms with van der Waals surface area (Å²) >= 11 is 0. The van der Waals surface area contributed by atoms with E-state index in [-0.39, 0.29) is 18.3 Å². The van der Waals surface area contributed by atoms with Crippen LogP contribution in [0.5, 0.6) is 0 Å². The minimum absolute atomic E-state index is 0.0392. The highest BCUT2D eigenvalue weighted by atomic mass is 16.5. The molecule has 0 aromatic heterocycles. The van der Waals surface area contributed by atoms with E-state index in [1.54, 1.807) is 0 Å². The van der Waals surface area contributed by atoms with Crippen molar-refractivity contribution in [3.63, 3.8) is 0 Å². The van der Waals surface area contributed by atoms with E-state index in [9.17, 15) is 4.79 Å². The first kappa shape index (κ1) is 21.9. The van der Waals surface area contributed by atoms with Gasteiger partial charge < -0.3 is 19.9 Å². The number of amides is 1. The number of carboxylic acid groups (broad SMARTS) is 1. The minimum Gasteiger partial charge on any atom is -0.483 e. The van der Waals surface area contributed by atoms with Gasteiger partial charge in [0.2, 0.25) is 5.91 Å². The molecule has 146 valence electrons. The Hall–Kier alpha value is -1.18. The number of carbonyl (C=O) groups excluding carboxylic acids is 1. The quantitative estimate of drug-likeness (QED) is 0.505. The SMILES string of the molecule is CC(CN1CCOCC1)C(=O)NCCCOC1CCCCC1.O=CO. The van der Waals surface area contributed by atoms with Crippen molar-refractivity contribution in [3.05, 3.63) is 0 Å². The Morgan fingerprint density at radius 3 is 2.60 bits per heavy atom. The van der Waals surface area contributed by atoms with Crippen molar-refractivity contribution in [2.24, 2.45) is 5.92 Å². The molecule has 25 heavy (non-hydrogen) atoms. The number of nitrogens with one attached hydrogen (secondary N) is 1. The highest BCUT2D eigenvalue weighted by Crippen LogP contribution is 2.20. The lowest BCUT2D eigenvalue weighted by molar-refractivity contribution is -0.125. The summed E-state index contributed by atoms with van der Waals surface area (Å²) in [6, 6.07) is 0. The second-order valence-electron chi connectivity index (χ2n) is 6.69. The van der Waals surface area contributed by atoms with E-state index in [4.69, 9.17) is 19.4 Å². The lowest BCUT2D eigenvalue weighted by Gasteiger charge is -2.28. The average molecular weight is 358 g/mol. The van der Waals surface area contributed by atoms with Crippen LogP contribution in [-0.2, 0) is 19.1 Å². The van der Waals surface area contributed by atoms with Crippen molar-refractivity contribution in [2.45, 2.75) is 51.6 Å². The second kappa shape index (κ2) is 14.0. The van der Waals surface area contributed by atoms with E-state index < -0.39 is 0 Å². The number of carbonyl (C=O) groups is 2. The number of hydrogen-bond acceptors (Lipinski definition) is 5. The van der Waals surface area contributed by atoms with Gasteiger partial charge in [-0.15, -0.1) is 0 Å². The molecule has 1 amide bonds. The van der Waals surface area contributed by atoms with Crippen molar-refractivity contribution in [3.8, 4) is 0 Å². The van der Waals surface area contributed by atoms with Gasteiger partial charge in [0, 0.05) is 38.7 Å². The Morgan fingerprint density at radius 2 is 1.96 bits per heavy atom. The molecule has 1 saturated carbocycles. The van der Waals surface area contributed by atoms with Gasteiger partial charge in [-0.25, -0.2) is 0 Å². The van der Waals surface area contributed by atoms with E-state index >= 15 is 0 Å². The summed E-state index contributed by atoms with van der Waals surface area (Å²) < 4.78 is 11.2. The summed E-state index contributed by atoms with van der Waals surface area (Å²) in [5.74, 6) is 0.196. The number of hydrogen-bond donors (Lipinski definition) is 2. The molecular formula is C18H34N2O5. The normalized spacial score (nSPS) is 20.2. The third-order valence-corrected chi connectivity index (χ3v) is 4.61. The minimum atomic E-state index is -0.250. The van der Waals surface area contributed by atoms with Gasteiger partial charge in [-0.3, -0.25) is 14.5 Å². The molecule has 2 aliphatic rings. The first-order valence-electron chi connectivity index (χ1n) is 9.44. The monoisotopic (exact) mass is 358 g/mol. The third kappa shape index (κ3) is 10.4. The van der Waals surface area contributed by atoms with E-state index in [1.807, 2.05) is 6.92 Å². The first-order valence-corrected chi connectivity index (χ1v) is 9.44. The summed E-state index contributed by atoms with van der Waals surface area (Å²) in [7, 11) is 0. The van der Waals surface area contributed by atoms with Crippen molar-refractivity contribution in [2.75, 3.05) is 46.0 Å². The van der Waals surface area contributed by atoms with Gasteiger partial charge in [0.25, 0.3) is 6.47 Å². The molecule has 2 N–H and O–H groups in total. The highest BCUT2D eigenvalue weighted by Gasteiger charge is 2.18. The molecule has 7 nitrogen and oxygen atoms in total. The smallest absolute Gasteiger partial charge is 0.290 e. The lowest BCUT2D eigenvalue weighted by Crippen LogP contribution is -2.43. The van der Waals surface area contributed by atoms with Crippen LogP contribution in [0.1, 0.15) is 45.4 Å². The summed E-state index contributed by atoms with van der Waals surface area (Å²) in [4.78, 5) is 22.7. The lowest BCUT2D eigenvalue weighted by atomic mass is 9.98. The molecule has 0 radical (unpaired) electrons. The van der Waals surface area contributed by atoms with Crippen molar-refractivity contribution < 1.29 is 24.2 Å². The third-order valence-electron chi connectivity index (χ3n) is 4.61. The molecule has 0 bridgehead atoms. The van der Waals surface area contributed by atoms with E-state index in [0.717, 1.165) is 52.4 Å². The zero-order valence-corrected chi connectivity index (χ0v) is 15.5. The van der Waals surface area contributed by atoms with E-state index in [0.29, 0.717) is 6.10 Å². The first-order chi connectivity index (χ1) is 12.2. The molecule has 1 saturated heterocycles. The summed E-state index contributed by atoms with van der Waals surface area (Å²) in [5, 5.41) is 9.92. The molecule has 7 heteroatoms. The van der Waals surface area contributed by atoms with Crippen LogP contribution in [0.3, 0.4) is 0 Å². The zero-order chi connectivity index (χ0) is 18.3. The van der Waals surface area contributed by atoms with Crippen LogP contribution < -0.4 is 5.32 Å². The Kier molecular flexibility index (Phi) is 12.3. The van der Waals surface area contributed by atoms with Crippen LogP contribution >= 0.6 is 0 Å².